The van der Waals surface area contributed by atoms with Gasteiger partial charge in [0, 0.05) is 25.7 Å². The predicted molar refractivity (Wildman–Crippen MR) is 72.8 cm³/mol. The van der Waals surface area contributed by atoms with E-state index >= 15 is 0 Å². The van der Waals surface area contributed by atoms with Crippen molar-refractivity contribution in [2.45, 2.75) is 13.1 Å². The standard InChI is InChI=1S/C15H16F2N2/c1-19(10-11-5-3-2-4-6-11)13-8-7-12(9-18)14(16)15(13)17/h2-8H,9-10,18H2,1H3. The number of nitrogens with zero attached hydrogens (tertiary/aromatic N) is 1. The molecule has 100 valence electrons. The van der Waals surface area contributed by atoms with Gasteiger partial charge >= 0.3 is 0 Å². The first-order valence-electron chi connectivity index (χ1n) is 6.05. The van der Waals surface area contributed by atoms with Crippen LogP contribution in [0.25, 0.3) is 0 Å². The lowest BCUT2D eigenvalue weighted by Crippen LogP contribution is -2.19. The number of hydrogen-bond donors (Lipinski definition) is 1. The number of benzene rings is 2. The van der Waals surface area contributed by atoms with Crippen molar-refractivity contribution in [2.75, 3.05) is 11.9 Å². The fourth-order valence-corrected chi connectivity index (χ4v) is 1.97. The molecule has 0 atom stereocenters. The molecule has 0 aliphatic heterocycles. The van der Waals surface area contributed by atoms with Gasteiger partial charge in [0.05, 0.1) is 5.69 Å². The Labute approximate surface area is 111 Å². The van der Waals surface area contributed by atoms with Crippen molar-refractivity contribution >= 4 is 5.69 Å². The van der Waals surface area contributed by atoms with Crippen LogP contribution in [-0.2, 0) is 13.1 Å². The highest BCUT2D eigenvalue weighted by molar-refractivity contribution is 5.49. The molecule has 2 nitrogen and oxygen atoms in total. The molecule has 0 spiro atoms. The zero-order valence-corrected chi connectivity index (χ0v) is 10.7. The van der Waals surface area contributed by atoms with Gasteiger partial charge in [0.1, 0.15) is 0 Å². The zero-order chi connectivity index (χ0) is 13.8. The fourth-order valence-electron chi connectivity index (χ4n) is 1.97. The Hall–Kier alpha value is -1.94. The minimum absolute atomic E-state index is 0.00850. The van der Waals surface area contributed by atoms with E-state index in [0.717, 1.165) is 5.56 Å². The lowest BCUT2D eigenvalue weighted by molar-refractivity contribution is 0.498. The molecule has 0 saturated heterocycles. The Morgan fingerprint density at radius 1 is 1.00 bits per heavy atom. The van der Waals surface area contributed by atoms with Gasteiger partial charge in [0.25, 0.3) is 0 Å². The lowest BCUT2D eigenvalue weighted by atomic mass is 10.1. The predicted octanol–water partition coefficient (Wildman–Crippen LogP) is 3.06. The summed E-state index contributed by atoms with van der Waals surface area (Å²) in [4.78, 5) is 1.67. The summed E-state index contributed by atoms with van der Waals surface area (Å²) in [7, 11) is 1.73. The maximum absolute atomic E-state index is 13.9. The summed E-state index contributed by atoms with van der Waals surface area (Å²) in [5.41, 5.74) is 6.81. The molecule has 0 heterocycles. The fraction of sp³-hybridized carbons (Fsp3) is 0.200. The van der Waals surface area contributed by atoms with Crippen LogP contribution in [-0.4, -0.2) is 7.05 Å². The highest BCUT2D eigenvalue weighted by Crippen LogP contribution is 2.24. The molecule has 0 aliphatic carbocycles. The van der Waals surface area contributed by atoms with Crippen LogP contribution in [0.3, 0.4) is 0 Å². The molecule has 2 N–H and O–H groups in total. The Morgan fingerprint density at radius 2 is 1.68 bits per heavy atom. The Bertz CT molecular complexity index is 556. The third kappa shape index (κ3) is 2.90. The average Bonchev–Trinajstić information content (AvgIpc) is 2.42. The number of nitrogens with two attached hydrogens (primary N) is 1. The van der Waals surface area contributed by atoms with E-state index in [4.69, 9.17) is 5.73 Å². The minimum atomic E-state index is -0.861. The van der Waals surface area contributed by atoms with E-state index in [2.05, 4.69) is 0 Å². The third-order valence-corrected chi connectivity index (χ3v) is 3.04. The van der Waals surface area contributed by atoms with Crippen LogP contribution >= 0.6 is 0 Å². The maximum Gasteiger partial charge on any atom is 0.182 e. The Morgan fingerprint density at radius 3 is 2.32 bits per heavy atom. The molecule has 0 radical (unpaired) electrons. The smallest absolute Gasteiger partial charge is 0.182 e. The van der Waals surface area contributed by atoms with E-state index in [-0.39, 0.29) is 17.8 Å². The van der Waals surface area contributed by atoms with Gasteiger partial charge in [0.2, 0.25) is 0 Å². The molecule has 4 heteroatoms. The first kappa shape index (κ1) is 13.5. The first-order valence-corrected chi connectivity index (χ1v) is 6.05. The van der Waals surface area contributed by atoms with Gasteiger partial charge in [-0.05, 0) is 11.6 Å². The molecule has 0 amide bonds. The van der Waals surface area contributed by atoms with Crippen LogP contribution in [0.15, 0.2) is 42.5 Å². The summed E-state index contributed by atoms with van der Waals surface area (Å²) in [6.07, 6.45) is 0. The van der Waals surface area contributed by atoms with E-state index in [1.54, 1.807) is 18.0 Å². The summed E-state index contributed by atoms with van der Waals surface area (Å²) in [5.74, 6) is -1.71. The number of anilines is 1. The molecule has 2 aromatic carbocycles. The van der Waals surface area contributed by atoms with Crippen molar-refractivity contribution in [2.24, 2.45) is 5.73 Å². The lowest BCUT2D eigenvalue weighted by Gasteiger charge is -2.21. The second-order valence-electron chi connectivity index (χ2n) is 4.42. The molecule has 0 unspecified atom stereocenters. The van der Waals surface area contributed by atoms with Gasteiger partial charge in [-0.2, -0.15) is 0 Å². The van der Waals surface area contributed by atoms with Crippen LogP contribution in [0.4, 0.5) is 14.5 Å². The summed E-state index contributed by atoms with van der Waals surface area (Å²) < 4.78 is 27.6. The molecule has 0 saturated carbocycles. The van der Waals surface area contributed by atoms with E-state index in [9.17, 15) is 8.78 Å². The SMILES string of the molecule is CN(Cc1ccccc1)c1ccc(CN)c(F)c1F. The van der Waals surface area contributed by atoms with Gasteiger partial charge < -0.3 is 10.6 Å². The second kappa shape index (κ2) is 5.80. The summed E-state index contributed by atoms with van der Waals surface area (Å²) >= 11 is 0. The molecule has 0 aromatic heterocycles. The van der Waals surface area contributed by atoms with Crippen LogP contribution in [0.1, 0.15) is 11.1 Å². The highest BCUT2D eigenvalue weighted by atomic mass is 19.2. The third-order valence-electron chi connectivity index (χ3n) is 3.04. The molecule has 2 rings (SSSR count). The summed E-state index contributed by atoms with van der Waals surface area (Å²) in [6.45, 7) is 0.505. The number of rotatable bonds is 4. The van der Waals surface area contributed by atoms with Crippen LogP contribution < -0.4 is 10.6 Å². The minimum Gasteiger partial charge on any atom is -0.368 e. The van der Waals surface area contributed by atoms with Crippen molar-refractivity contribution in [1.82, 2.24) is 0 Å². The highest BCUT2D eigenvalue weighted by Gasteiger charge is 2.15. The topological polar surface area (TPSA) is 29.3 Å². The van der Waals surface area contributed by atoms with E-state index in [0.29, 0.717) is 6.54 Å². The van der Waals surface area contributed by atoms with Crippen molar-refractivity contribution in [1.29, 1.82) is 0 Å². The molecule has 2 aromatic rings. The van der Waals surface area contributed by atoms with Gasteiger partial charge in [-0.15, -0.1) is 0 Å². The van der Waals surface area contributed by atoms with Crippen LogP contribution in [0.5, 0.6) is 0 Å². The van der Waals surface area contributed by atoms with E-state index in [1.165, 1.54) is 6.07 Å². The number of halogens is 2. The van der Waals surface area contributed by atoms with Gasteiger partial charge in [0.15, 0.2) is 11.6 Å². The first-order chi connectivity index (χ1) is 9.13. The molecule has 0 bridgehead atoms. The normalized spacial score (nSPS) is 10.5. The molecule has 0 fully saturated rings. The van der Waals surface area contributed by atoms with Gasteiger partial charge in [-0.25, -0.2) is 8.78 Å². The largest absolute Gasteiger partial charge is 0.368 e. The molecule has 19 heavy (non-hydrogen) atoms. The van der Waals surface area contributed by atoms with Crippen molar-refractivity contribution in [3.63, 3.8) is 0 Å². The summed E-state index contributed by atoms with van der Waals surface area (Å²) in [5, 5.41) is 0. The summed E-state index contributed by atoms with van der Waals surface area (Å²) in [6, 6.07) is 12.7. The van der Waals surface area contributed by atoms with Crippen molar-refractivity contribution in [3.05, 3.63) is 65.2 Å². The average molecular weight is 262 g/mol. The number of hydrogen-bond acceptors (Lipinski definition) is 2. The van der Waals surface area contributed by atoms with Crippen LogP contribution in [0, 0.1) is 11.6 Å². The molecule has 0 aliphatic rings. The Balaban J connectivity index is 2.25. The molecular weight excluding hydrogens is 246 g/mol. The van der Waals surface area contributed by atoms with Crippen molar-refractivity contribution in [3.8, 4) is 0 Å². The van der Waals surface area contributed by atoms with Crippen LogP contribution in [0.2, 0.25) is 0 Å². The maximum atomic E-state index is 13.9. The Kier molecular flexibility index (Phi) is 4.12. The van der Waals surface area contributed by atoms with E-state index < -0.39 is 11.6 Å². The monoisotopic (exact) mass is 262 g/mol. The second-order valence-corrected chi connectivity index (χ2v) is 4.42. The van der Waals surface area contributed by atoms with Gasteiger partial charge in [-0.3, -0.25) is 0 Å². The van der Waals surface area contributed by atoms with Gasteiger partial charge in [-0.1, -0.05) is 36.4 Å². The van der Waals surface area contributed by atoms with Crippen molar-refractivity contribution < 1.29 is 8.78 Å². The van der Waals surface area contributed by atoms with E-state index in [1.807, 2.05) is 30.3 Å². The molecular formula is C15H16F2N2. The quantitative estimate of drug-likeness (QED) is 0.917. The zero-order valence-electron chi connectivity index (χ0n) is 10.7.